The summed E-state index contributed by atoms with van der Waals surface area (Å²) >= 11 is 0. The molecule has 0 aliphatic rings. The third kappa shape index (κ3) is 3.73. The lowest BCUT2D eigenvalue weighted by Crippen LogP contribution is -2.18. The second-order valence-corrected chi connectivity index (χ2v) is 6.22. The molecule has 146 valence electrons. The number of fused-ring (bicyclic) bond motifs is 1. The minimum absolute atomic E-state index is 0.232. The van der Waals surface area contributed by atoms with E-state index < -0.39 is 0 Å². The third-order valence-corrected chi connectivity index (χ3v) is 4.44. The molecule has 0 aliphatic heterocycles. The molecule has 2 aromatic heterocycles. The van der Waals surface area contributed by atoms with Crippen LogP contribution >= 0.6 is 0 Å². The van der Waals surface area contributed by atoms with Gasteiger partial charge in [-0.2, -0.15) is 5.10 Å². The predicted octanol–water partition coefficient (Wildman–Crippen LogP) is 3.14. The number of rotatable bonds is 6. The quantitative estimate of drug-likeness (QED) is 0.545. The van der Waals surface area contributed by atoms with Crippen LogP contribution in [0.15, 0.2) is 60.9 Å². The molecule has 2 aromatic carbocycles. The second kappa shape index (κ2) is 7.97. The summed E-state index contributed by atoms with van der Waals surface area (Å²) < 4.78 is 12.5. The number of hydrogen-bond acceptors (Lipinski definition) is 6. The fourth-order valence-corrected chi connectivity index (χ4v) is 3.05. The van der Waals surface area contributed by atoms with Gasteiger partial charge in [-0.05, 0) is 18.2 Å². The van der Waals surface area contributed by atoms with Crippen LogP contribution < -0.4 is 14.8 Å². The lowest BCUT2D eigenvalue weighted by molar-refractivity contribution is 0.102. The molecule has 0 bridgehead atoms. The summed E-state index contributed by atoms with van der Waals surface area (Å²) in [7, 11) is 3.18. The highest BCUT2D eigenvalue weighted by molar-refractivity contribution is 6.03. The molecule has 0 aliphatic carbocycles. The molecule has 8 nitrogen and oxygen atoms in total. The van der Waals surface area contributed by atoms with Crippen molar-refractivity contribution in [3.8, 4) is 11.5 Å². The number of para-hydroxylation sites is 3. The van der Waals surface area contributed by atoms with Crippen molar-refractivity contribution in [1.82, 2.24) is 19.7 Å². The van der Waals surface area contributed by atoms with Gasteiger partial charge in [0.1, 0.15) is 11.5 Å². The maximum absolute atomic E-state index is 12.7. The van der Waals surface area contributed by atoms with Gasteiger partial charge < -0.3 is 14.8 Å². The van der Waals surface area contributed by atoms with E-state index in [9.17, 15) is 4.79 Å². The first-order chi connectivity index (χ1) is 14.2. The van der Waals surface area contributed by atoms with Crippen LogP contribution in [0, 0.1) is 0 Å². The highest BCUT2D eigenvalue weighted by atomic mass is 16.5. The molecule has 0 fully saturated rings. The average molecular weight is 389 g/mol. The molecule has 0 spiro atoms. The number of amides is 1. The molecule has 0 atom stereocenters. The summed E-state index contributed by atoms with van der Waals surface area (Å²) in [4.78, 5) is 21.4. The van der Waals surface area contributed by atoms with Crippen molar-refractivity contribution in [2.75, 3.05) is 19.5 Å². The van der Waals surface area contributed by atoms with Gasteiger partial charge in [-0.1, -0.05) is 24.3 Å². The highest BCUT2D eigenvalue weighted by Gasteiger charge is 2.15. The number of nitrogens with zero attached hydrogens (tertiary/aromatic N) is 4. The van der Waals surface area contributed by atoms with E-state index in [1.165, 1.54) is 6.20 Å². The Hall–Kier alpha value is -3.94. The molecule has 4 rings (SSSR count). The fraction of sp³-hybridized carbons (Fsp3) is 0.143. The Labute approximate surface area is 167 Å². The van der Waals surface area contributed by atoms with Crippen LogP contribution in [0.5, 0.6) is 11.5 Å². The Balaban J connectivity index is 1.57. The Bertz CT molecular complexity index is 1170. The monoisotopic (exact) mass is 389 g/mol. The van der Waals surface area contributed by atoms with Gasteiger partial charge in [0, 0.05) is 11.6 Å². The third-order valence-electron chi connectivity index (χ3n) is 4.44. The number of methoxy groups -OCH3 is 2. The fourth-order valence-electron chi connectivity index (χ4n) is 3.05. The molecular weight excluding hydrogens is 370 g/mol. The largest absolute Gasteiger partial charge is 0.493 e. The lowest BCUT2D eigenvalue weighted by Gasteiger charge is -2.14. The summed E-state index contributed by atoms with van der Waals surface area (Å²) in [6.07, 6.45) is 3.08. The number of nitrogens with one attached hydrogen (secondary N) is 1. The van der Waals surface area contributed by atoms with Gasteiger partial charge in [-0.3, -0.25) is 9.78 Å². The Morgan fingerprint density at radius 1 is 1.03 bits per heavy atom. The van der Waals surface area contributed by atoms with Crippen LogP contribution in [0.3, 0.4) is 0 Å². The van der Waals surface area contributed by atoms with Crippen LogP contribution in [0.25, 0.3) is 11.0 Å². The standard InChI is InChI=1S/C21H19N5O3/c1-28-18-9-5-6-14(20(18)29-2)13-26-19(10-11-23-26)25-21(27)17-12-22-15-7-3-4-8-16(15)24-17/h3-12H,13H2,1-2H3,(H,25,27). The van der Waals surface area contributed by atoms with Crippen molar-refractivity contribution >= 4 is 22.8 Å². The molecule has 0 saturated heterocycles. The van der Waals surface area contributed by atoms with Gasteiger partial charge in [0.2, 0.25) is 0 Å². The molecule has 29 heavy (non-hydrogen) atoms. The van der Waals surface area contributed by atoms with Gasteiger partial charge >= 0.3 is 0 Å². The first kappa shape index (κ1) is 18.4. The average Bonchev–Trinajstić information content (AvgIpc) is 3.19. The van der Waals surface area contributed by atoms with Crippen LogP contribution in [-0.2, 0) is 6.54 Å². The van der Waals surface area contributed by atoms with Crippen molar-refractivity contribution in [2.45, 2.75) is 6.54 Å². The topological polar surface area (TPSA) is 91.2 Å². The van der Waals surface area contributed by atoms with Gasteiger partial charge in [0.05, 0.1) is 44.2 Å². The van der Waals surface area contributed by atoms with Crippen molar-refractivity contribution in [3.63, 3.8) is 0 Å². The maximum Gasteiger partial charge on any atom is 0.277 e. The molecule has 0 radical (unpaired) electrons. The number of benzene rings is 2. The smallest absolute Gasteiger partial charge is 0.277 e. The summed E-state index contributed by atoms with van der Waals surface area (Å²) in [6.45, 7) is 0.395. The summed E-state index contributed by atoms with van der Waals surface area (Å²) in [6, 6.07) is 14.7. The normalized spacial score (nSPS) is 10.7. The van der Waals surface area contributed by atoms with Crippen LogP contribution in [0.4, 0.5) is 5.82 Å². The molecule has 0 saturated carbocycles. The minimum Gasteiger partial charge on any atom is -0.493 e. The number of hydrogen-bond donors (Lipinski definition) is 1. The zero-order chi connectivity index (χ0) is 20.2. The van der Waals surface area contributed by atoms with E-state index in [2.05, 4.69) is 20.4 Å². The van der Waals surface area contributed by atoms with E-state index in [0.717, 1.165) is 11.1 Å². The first-order valence-corrected chi connectivity index (χ1v) is 8.94. The number of carbonyl (C=O) groups excluding carboxylic acids is 1. The summed E-state index contributed by atoms with van der Waals surface area (Å²) in [5.41, 5.74) is 2.50. The van der Waals surface area contributed by atoms with Gasteiger partial charge in [-0.25, -0.2) is 9.67 Å². The van der Waals surface area contributed by atoms with Gasteiger partial charge in [0.25, 0.3) is 5.91 Å². The SMILES string of the molecule is COc1cccc(Cn2nccc2NC(=O)c2cnc3ccccc3n2)c1OC. The first-order valence-electron chi connectivity index (χ1n) is 8.94. The Morgan fingerprint density at radius 3 is 2.66 bits per heavy atom. The molecule has 1 N–H and O–H groups in total. The van der Waals surface area contributed by atoms with Crippen molar-refractivity contribution in [2.24, 2.45) is 0 Å². The number of ether oxygens (including phenoxy) is 2. The number of carbonyl (C=O) groups is 1. The van der Waals surface area contributed by atoms with Gasteiger partial charge in [0.15, 0.2) is 11.5 Å². The highest BCUT2D eigenvalue weighted by Crippen LogP contribution is 2.31. The van der Waals surface area contributed by atoms with Crippen LogP contribution in [-0.4, -0.2) is 39.9 Å². The summed E-state index contributed by atoms with van der Waals surface area (Å²) in [5.74, 6) is 1.44. The predicted molar refractivity (Wildman–Crippen MR) is 108 cm³/mol. The zero-order valence-electron chi connectivity index (χ0n) is 16.0. The van der Waals surface area contributed by atoms with Crippen LogP contribution in [0.1, 0.15) is 16.1 Å². The van der Waals surface area contributed by atoms with E-state index >= 15 is 0 Å². The second-order valence-electron chi connectivity index (χ2n) is 6.22. The van der Waals surface area contributed by atoms with Gasteiger partial charge in [-0.15, -0.1) is 0 Å². The minimum atomic E-state index is -0.359. The molecule has 1 amide bonds. The lowest BCUT2D eigenvalue weighted by atomic mass is 10.2. The van der Waals surface area contributed by atoms with E-state index in [1.807, 2.05) is 42.5 Å². The van der Waals surface area contributed by atoms with E-state index in [-0.39, 0.29) is 11.6 Å². The van der Waals surface area contributed by atoms with E-state index in [1.54, 1.807) is 31.2 Å². The molecule has 2 heterocycles. The summed E-state index contributed by atoms with van der Waals surface area (Å²) in [5, 5.41) is 7.15. The van der Waals surface area contributed by atoms with Crippen molar-refractivity contribution in [3.05, 3.63) is 72.2 Å². The number of anilines is 1. The Morgan fingerprint density at radius 2 is 1.86 bits per heavy atom. The maximum atomic E-state index is 12.7. The Kier molecular flexibility index (Phi) is 5.07. The van der Waals surface area contributed by atoms with Crippen molar-refractivity contribution < 1.29 is 14.3 Å². The zero-order valence-corrected chi connectivity index (χ0v) is 16.0. The molecule has 0 unspecified atom stereocenters. The van der Waals surface area contributed by atoms with Crippen LogP contribution in [0.2, 0.25) is 0 Å². The van der Waals surface area contributed by atoms with Crippen molar-refractivity contribution in [1.29, 1.82) is 0 Å². The molecule has 8 heteroatoms. The molecular formula is C21H19N5O3. The number of aromatic nitrogens is 4. The van der Waals surface area contributed by atoms with E-state index in [0.29, 0.717) is 29.4 Å². The van der Waals surface area contributed by atoms with E-state index in [4.69, 9.17) is 9.47 Å². The molecule has 4 aromatic rings.